The van der Waals surface area contributed by atoms with Gasteiger partial charge in [0, 0.05) is 133 Å². The number of oxime groups is 1. The van der Waals surface area contributed by atoms with Gasteiger partial charge < -0.3 is 91.9 Å². The van der Waals surface area contributed by atoms with Crippen LogP contribution in [0.15, 0.2) is 99.0 Å². The monoisotopic (exact) mass is 1740 g/mol. The number of carbonyl (C=O) groups excluding carboxylic acids is 8. The third-order valence-electron chi connectivity index (χ3n) is 19.0. The number of aromatic nitrogens is 10. The Bertz CT molecular complexity index is 4000. The van der Waals surface area contributed by atoms with Gasteiger partial charge in [-0.15, -0.1) is 6.58 Å². The predicted molar refractivity (Wildman–Crippen MR) is 451 cm³/mol. The maximum atomic E-state index is 12.2. The van der Waals surface area contributed by atoms with E-state index in [1.54, 1.807) is 67.9 Å². The van der Waals surface area contributed by atoms with E-state index in [2.05, 4.69) is 57.0 Å². The average molecular weight is 1740 g/mol. The summed E-state index contributed by atoms with van der Waals surface area (Å²) in [7, 11) is 7.87. The summed E-state index contributed by atoms with van der Waals surface area (Å²) in [5.41, 5.74) is 1.65. The molecule has 5 aliphatic rings. The van der Waals surface area contributed by atoms with Gasteiger partial charge in [0.2, 0.25) is 0 Å². The van der Waals surface area contributed by atoms with Crippen LogP contribution in [-0.2, 0) is 23.7 Å². The molecule has 33 nitrogen and oxygen atoms in total. The third-order valence-corrected chi connectivity index (χ3v) is 19.0. The molecule has 5 aromatic heterocycles. The minimum Gasteiger partial charge on any atom is -1.00 e. The van der Waals surface area contributed by atoms with Crippen molar-refractivity contribution in [2.75, 3.05) is 107 Å². The van der Waals surface area contributed by atoms with Crippen molar-refractivity contribution in [2.45, 2.75) is 245 Å². The number of Topliss-reactive ketones (excluding diaryl/α,β-unsaturated/α-hetero) is 1. The molecule has 5 aliphatic heterocycles. The van der Waals surface area contributed by atoms with E-state index >= 15 is 0 Å². The number of aliphatic hydroxyl groups is 1. The van der Waals surface area contributed by atoms with Gasteiger partial charge in [-0.1, -0.05) is 17.8 Å². The number of nitrogens with zero attached hydrogens (tertiary/aromatic N) is 18. The number of aldehydes is 1. The first-order chi connectivity index (χ1) is 54.8. The van der Waals surface area contributed by atoms with E-state index in [-0.39, 0.29) is 112 Å². The van der Waals surface area contributed by atoms with E-state index < -0.39 is 34.1 Å². The van der Waals surface area contributed by atoms with Crippen LogP contribution in [0.2, 0.25) is 0 Å². The first-order valence-corrected chi connectivity index (χ1v) is 40.3. The van der Waals surface area contributed by atoms with Crippen molar-refractivity contribution in [3.05, 3.63) is 128 Å². The van der Waals surface area contributed by atoms with E-state index in [9.17, 15) is 48.7 Å². The Balaban J connectivity index is 0.000000382. The van der Waals surface area contributed by atoms with E-state index in [1.807, 2.05) is 184 Å². The normalized spacial score (nSPS) is 16.4. The molecule has 119 heavy (non-hydrogen) atoms. The van der Waals surface area contributed by atoms with E-state index in [4.69, 9.17) is 23.7 Å². The molecule has 5 amide bonds. The fourth-order valence-corrected chi connectivity index (χ4v) is 12.9. The molecular weight excluding hydrogens is 1610 g/mol. The molecule has 0 aliphatic carbocycles. The van der Waals surface area contributed by atoms with Crippen LogP contribution in [-0.4, -0.2) is 305 Å². The van der Waals surface area contributed by atoms with Crippen molar-refractivity contribution in [3.8, 4) is 0 Å². The number of amides is 5. The summed E-state index contributed by atoms with van der Waals surface area (Å²) in [4.78, 5) is 107. The van der Waals surface area contributed by atoms with Crippen LogP contribution in [0, 0.1) is 6.58 Å². The molecule has 0 bridgehead atoms. The Morgan fingerprint density at radius 2 is 0.723 bits per heavy atom. The number of aliphatic hydroxyl groups excluding tert-OH is 1. The maximum absolute atomic E-state index is 12.2. The molecule has 1 unspecified atom stereocenters. The van der Waals surface area contributed by atoms with E-state index in [1.165, 1.54) is 12.2 Å². The number of ketones is 2. The van der Waals surface area contributed by atoms with Crippen molar-refractivity contribution in [1.29, 1.82) is 0 Å². The van der Waals surface area contributed by atoms with Crippen LogP contribution in [0.1, 0.15) is 259 Å². The third kappa shape index (κ3) is 36.6. The number of piperidine rings is 5. The van der Waals surface area contributed by atoms with Gasteiger partial charge in [0.05, 0.1) is 89.7 Å². The Labute approximate surface area is 730 Å². The molecule has 1 atom stereocenters. The minimum atomic E-state index is -0.685. The summed E-state index contributed by atoms with van der Waals surface area (Å²) in [5, 5.41) is 44.0. The summed E-state index contributed by atoms with van der Waals surface area (Å²) in [6.45, 7) is 50.0. The minimum absolute atomic E-state index is 0. The van der Waals surface area contributed by atoms with Crippen molar-refractivity contribution in [2.24, 2.45) is 5.16 Å². The fraction of sp³-hybridized carbons (Fsp3) is 0.643. The zero-order chi connectivity index (χ0) is 87.3. The van der Waals surface area contributed by atoms with Crippen LogP contribution >= 0.6 is 0 Å². The summed E-state index contributed by atoms with van der Waals surface area (Å²) >= 11 is 0. The molecule has 35 heteroatoms. The average Bonchev–Trinajstić information content (AvgIpc) is 1.76. The fourth-order valence-electron chi connectivity index (χ4n) is 12.9. The summed E-state index contributed by atoms with van der Waals surface area (Å²) < 4.78 is 36.3. The number of carbonyl (C=O) groups is 8. The van der Waals surface area contributed by atoms with Crippen LogP contribution < -0.4 is 17.0 Å². The number of halogens is 1. The molecule has 10 heterocycles. The van der Waals surface area contributed by atoms with Crippen LogP contribution in [0.4, 0.5) is 24.0 Å². The summed E-state index contributed by atoms with van der Waals surface area (Å²) in [6.07, 6.45) is 28.2. The molecule has 5 fully saturated rings. The van der Waals surface area contributed by atoms with Gasteiger partial charge >= 0.3 is 53.5 Å². The standard InChI is InChI=1S/C18H31N5O3.C18H30N4O3.C16H25N3O3.C16H23N3O3.C14H21N3O3.C2H3.BrH.Mg/c1-18(2,3)26-17(24)22-10-6-15(7-11-22)23-13-14(12-19-23)16(20-25)8-9-21(4)5;1-18(2,3)25-17(24)21-10-6-15(7-11-21)22-13-14(12-19-22)16(23)8-9-20(4)5;2*1-5-14(20)12-10-17-19(11-12)13-6-8-18(9-7-13)15(21)22-16(2,3)4;1-14(2,3)20-13(19)16-6-4-12(5-7-16)17-9-11(10-18)8-15-17;1-2;;/h12-13,15,25H,6-11H2,1-5H3;12-13,15H,6-11H2,1-5H3;5,10-11,13-14,20H,1,6-9H2,2-4H3;5,10-11,13H,1,6-9H2,2-4H3;8-10,12H,4-7H2,1-3H3;1H,2H2;1H;/q;;;;;-1;;+2/p-1/b20-16-;;;;;;;. The number of hydrogen-bond donors (Lipinski definition) is 2. The van der Waals surface area contributed by atoms with Crippen molar-refractivity contribution >= 4 is 77.1 Å². The summed E-state index contributed by atoms with van der Waals surface area (Å²) in [5.74, 6) is -0.0106. The molecular formula is C84H133BrMgN18O15. The molecule has 0 saturated carbocycles. The molecule has 0 radical (unpaired) electrons. The second-order valence-electron chi connectivity index (χ2n) is 35.1. The van der Waals surface area contributed by atoms with Gasteiger partial charge in [-0.2, -0.15) is 25.5 Å². The zero-order valence-corrected chi connectivity index (χ0v) is 77.0. The zero-order valence-electron chi connectivity index (χ0n) is 74.0. The topological polar surface area (TPSA) is 347 Å². The van der Waals surface area contributed by atoms with Gasteiger partial charge in [0.25, 0.3) is 0 Å². The molecule has 0 aromatic carbocycles. The van der Waals surface area contributed by atoms with E-state index in [0.717, 1.165) is 94.7 Å². The summed E-state index contributed by atoms with van der Waals surface area (Å²) in [6, 6.07) is 1.13. The van der Waals surface area contributed by atoms with Gasteiger partial charge in [-0.25, -0.2) is 24.0 Å². The second-order valence-corrected chi connectivity index (χ2v) is 35.1. The van der Waals surface area contributed by atoms with Gasteiger partial charge in [-0.3, -0.25) is 44.4 Å². The smallest absolute Gasteiger partial charge is 1.00 e. The number of allylic oxidation sites excluding steroid dienone is 1. The largest absolute Gasteiger partial charge is 2.00 e. The molecule has 2 N–H and O–H groups in total. The number of likely N-dealkylation sites (tertiary alicyclic amines) is 5. The van der Waals surface area contributed by atoms with Crippen molar-refractivity contribution in [3.63, 3.8) is 0 Å². The molecule has 0 spiro atoms. The quantitative estimate of drug-likeness (QED) is 0.00786. The van der Waals surface area contributed by atoms with Gasteiger partial charge in [-0.05, 0) is 202 Å². The molecule has 658 valence electrons. The van der Waals surface area contributed by atoms with Gasteiger partial charge in [0.1, 0.15) is 28.0 Å². The Morgan fingerprint density at radius 3 is 1.01 bits per heavy atom. The number of rotatable bonds is 18. The Morgan fingerprint density at radius 1 is 0.454 bits per heavy atom. The van der Waals surface area contributed by atoms with Gasteiger partial charge in [0.15, 0.2) is 17.9 Å². The molecule has 5 saturated heterocycles. The molecule has 5 aromatic rings. The first-order valence-electron chi connectivity index (χ1n) is 40.3. The predicted octanol–water partition coefficient (Wildman–Crippen LogP) is 10.2. The maximum Gasteiger partial charge on any atom is 2.00 e. The van der Waals surface area contributed by atoms with Crippen molar-refractivity contribution in [1.82, 2.24) is 83.2 Å². The number of hydrogen-bond acceptors (Lipinski definition) is 23. The SMILES string of the molecule is C=CC(=O)c1cnn(C2CCN(C(=O)OC(C)(C)C)CC2)c1.C=CC(O)c1cnn(C2CCN(C(=O)OC(C)(C)C)CC2)c1.CC(C)(C)OC(=O)N1CCC(n2cc(C=O)cn2)CC1.CN(C)CC/C(=N/O)c1cnn(C2CCN(C(=O)OC(C)(C)C)CC2)c1.CN(C)CCC(=O)c1cnn(C2CCN(C(=O)OC(C)(C)C)CC2)c1.[Br-].[CH-]=C.[Mg+2]. The first kappa shape index (κ1) is 104. The molecule has 10 rings (SSSR count). The Hall–Kier alpha value is -8.77. The van der Waals surface area contributed by atoms with E-state index in [0.29, 0.717) is 101 Å². The second kappa shape index (κ2) is 48.6. The Kier molecular flexibility index (Phi) is 42.7. The van der Waals surface area contributed by atoms with Crippen LogP contribution in [0.25, 0.3) is 0 Å². The number of ether oxygens (including phenoxy) is 5. The van der Waals surface area contributed by atoms with Crippen LogP contribution in [0.5, 0.6) is 0 Å². The van der Waals surface area contributed by atoms with Crippen LogP contribution in [0.3, 0.4) is 0 Å². The van der Waals surface area contributed by atoms with Crippen molar-refractivity contribution < 1.29 is 89.3 Å².